The first kappa shape index (κ1) is 17.0. The summed E-state index contributed by atoms with van der Waals surface area (Å²) in [5, 5.41) is 0. The predicted octanol–water partition coefficient (Wildman–Crippen LogP) is 3.73. The van der Waals surface area contributed by atoms with Crippen LogP contribution in [0, 0.1) is 5.92 Å². The largest absolute Gasteiger partial charge is 0.483 e. The quantitative estimate of drug-likeness (QED) is 0.714. The van der Waals surface area contributed by atoms with Crippen LogP contribution in [0.4, 0.5) is 0 Å². The molecule has 5 heteroatoms. The molecule has 1 aliphatic rings. The standard InChI is InChI=1S/C15H23BrN2O2/c1-7-8-15(9-11(4)16)14(20-6)17-12(10(2)3)13(18-15)19-5/h7,10,12H,1,4,8-9H2,2-3,5-6H3/t12-,15+/m0/s1. The van der Waals surface area contributed by atoms with Gasteiger partial charge in [0.2, 0.25) is 11.8 Å². The molecule has 2 atom stereocenters. The van der Waals surface area contributed by atoms with E-state index in [4.69, 9.17) is 19.5 Å². The van der Waals surface area contributed by atoms with Crippen molar-refractivity contribution in [1.29, 1.82) is 0 Å². The maximum absolute atomic E-state index is 5.51. The first-order valence-electron chi connectivity index (χ1n) is 6.60. The van der Waals surface area contributed by atoms with Crippen molar-refractivity contribution in [3.05, 3.63) is 23.7 Å². The van der Waals surface area contributed by atoms with Crippen LogP contribution in [0.3, 0.4) is 0 Å². The van der Waals surface area contributed by atoms with Gasteiger partial charge in [-0.25, -0.2) is 9.98 Å². The Hall–Kier alpha value is -1.10. The van der Waals surface area contributed by atoms with Gasteiger partial charge in [0.05, 0.1) is 14.2 Å². The van der Waals surface area contributed by atoms with E-state index in [1.54, 1.807) is 14.2 Å². The highest BCUT2D eigenvalue weighted by Crippen LogP contribution is 2.34. The number of hydrogen-bond acceptors (Lipinski definition) is 4. The van der Waals surface area contributed by atoms with Crippen molar-refractivity contribution >= 4 is 27.7 Å². The lowest BCUT2D eigenvalue weighted by atomic mass is 9.88. The molecular formula is C15H23BrN2O2. The Labute approximate surface area is 129 Å². The van der Waals surface area contributed by atoms with Gasteiger partial charge in [0.25, 0.3) is 0 Å². The number of hydrogen-bond donors (Lipinski definition) is 0. The molecular weight excluding hydrogens is 320 g/mol. The molecule has 1 heterocycles. The van der Waals surface area contributed by atoms with Gasteiger partial charge in [-0.15, -0.1) is 6.58 Å². The zero-order chi connectivity index (χ0) is 15.3. The fraction of sp³-hybridized carbons (Fsp3) is 0.600. The number of methoxy groups -OCH3 is 2. The van der Waals surface area contributed by atoms with Crippen molar-refractivity contribution in [2.45, 2.75) is 38.3 Å². The lowest BCUT2D eigenvalue weighted by Gasteiger charge is -2.35. The lowest BCUT2D eigenvalue weighted by Crippen LogP contribution is -2.46. The summed E-state index contributed by atoms with van der Waals surface area (Å²) >= 11 is 3.41. The van der Waals surface area contributed by atoms with Crippen molar-refractivity contribution < 1.29 is 9.47 Å². The molecule has 0 aromatic heterocycles. The molecule has 20 heavy (non-hydrogen) atoms. The Morgan fingerprint density at radius 1 is 1.45 bits per heavy atom. The Kier molecular flexibility index (Phi) is 5.99. The van der Waals surface area contributed by atoms with Crippen LogP contribution in [-0.4, -0.2) is 37.6 Å². The molecule has 4 nitrogen and oxygen atoms in total. The van der Waals surface area contributed by atoms with Gasteiger partial charge in [-0.2, -0.15) is 0 Å². The number of aliphatic imine (C=N–C) groups is 2. The second-order valence-corrected chi connectivity index (χ2v) is 6.32. The van der Waals surface area contributed by atoms with Crippen LogP contribution in [0.15, 0.2) is 33.7 Å². The average molecular weight is 343 g/mol. The molecule has 0 aromatic rings. The minimum Gasteiger partial charge on any atom is -0.483 e. The second-order valence-electron chi connectivity index (χ2n) is 5.20. The minimum absolute atomic E-state index is 0.114. The van der Waals surface area contributed by atoms with Crippen molar-refractivity contribution in [2.24, 2.45) is 15.9 Å². The maximum atomic E-state index is 5.51. The first-order valence-corrected chi connectivity index (χ1v) is 7.39. The molecule has 0 amide bonds. The minimum atomic E-state index is -0.617. The van der Waals surface area contributed by atoms with E-state index in [1.807, 2.05) is 6.08 Å². The summed E-state index contributed by atoms with van der Waals surface area (Å²) in [6.45, 7) is 11.9. The van der Waals surface area contributed by atoms with E-state index in [0.29, 0.717) is 24.6 Å². The number of ether oxygens (including phenoxy) is 2. The van der Waals surface area contributed by atoms with Crippen molar-refractivity contribution in [1.82, 2.24) is 0 Å². The topological polar surface area (TPSA) is 43.2 Å². The molecule has 0 bridgehead atoms. The van der Waals surface area contributed by atoms with Gasteiger partial charge in [0, 0.05) is 6.42 Å². The van der Waals surface area contributed by atoms with Gasteiger partial charge in [-0.3, -0.25) is 0 Å². The van der Waals surface area contributed by atoms with Crippen LogP contribution >= 0.6 is 15.9 Å². The van der Waals surface area contributed by atoms with Gasteiger partial charge >= 0.3 is 0 Å². The van der Waals surface area contributed by atoms with E-state index in [1.165, 1.54) is 0 Å². The second kappa shape index (κ2) is 7.07. The molecule has 0 spiro atoms. The van der Waals surface area contributed by atoms with E-state index in [0.717, 1.165) is 4.48 Å². The van der Waals surface area contributed by atoms with E-state index in [2.05, 4.69) is 42.9 Å². The molecule has 0 radical (unpaired) electrons. The monoisotopic (exact) mass is 342 g/mol. The Bertz CT molecular complexity index is 443. The van der Waals surface area contributed by atoms with Gasteiger partial charge in [0.15, 0.2) is 0 Å². The zero-order valence-electron chi connectivity index (χ0n) is 12.6. The number of nitrogens with zero attached hydrogens (tertiary/aromatic N) is 2. The number of halogens is 1. The molecule has 0 saturated heterocycles. The van der Waals surface area contributed by atoms with Gasteiger partial charge in [-0.1, -0.05) is 42.4 Å². The molecule has 0 fully saturated rings. The highest BCUT2D eigenvalue weighted by molar-refractivity contribution is 9.11. The van der Waals surface area contributed by atoms with Crippen LogP contribution in [0.25, 0.3) is 0 Å². The highest BCUT2D eigenvalue weighted by Gasteiger charge is 2.42. The molecule has 0 saturated carbocycles. The number of rotatable bonds is 5. The Balaban J connectivity index is 3.32. The van der Waals surface area contributed by atoms with E-state index in [-0.39, 0.29) is 12.0 Å². The maximum Gasteiger partial charge on any atom is 0.213 e. The van der Waals surface area contributed by atoms with Crippen molar-refractivity contribution in [2.75, 3.05) is 14.2 Å². The molecule has 0 N–H and O–H groups in total. The zero-order valence-corrected chi connectivity index (χ0v) is 14.2. The average Bonchev–Trinajstić information content (AvgIpc) is 2.37. The smallest absolute Gasteiger partial charge is 0.213 e. The van der Waals surface area contributed by atoms with Crippen LogP contribution < -0.4 is 0 Å². The molecule has 0 aliphatic carbocycles. The van der Waals surface area contributed by atoms with Crippen LogP contribution in [0.1, 0.15) is 26.7 Å². The molecule has 0 aromatic carbocycles. The van der Waals surface area contributed by atoms with Crippen LogP contribution in [-0.2, 0) is 9.47 Å². The predicted molar refractivity (Wildman–Crippen MR) is 87.7 cm³/mol. The van der Waals surface area contributed by atoms with Crippen molar-refractivity contribution in [3.63, 3.8) is 0 Å². The molecule has 112 valence electrons. The summed E-state index contributed by atoms with van der Waals surface area (Å²) in [7, 11) is 3.25. The lowest BCUT2D eigenvalue weighted by molar-refractivity contribution is 0.304. The van der Waals surface area contributed by atoms with E-state index in [9.17, 15) is 0 Å². The molecule has 1 rings (SSSR count). The summed E-state index contributed by atoms with van der Waals surface area (Å²) in [6, 6.07) is -0.114. The Morgan fingerprint density at radius 2 is 2.10 bits per heavy atom. The fourth-order valence-corrected chi connectivity index (χ4v) is 2.81. The van der Waals surface area contributed by atoms with Gasteiger partial charge in [-0.05, 0) is 16.8 Å². The summed E-state index contributed by atoms with van der Waals surface area (Å²) in [5.41, 5.74) is -0.617. The van der Waals surface area contributed by atoms with Crippen molar-refractivity contribution in [3.8, 4) is 0 Å². The van der Waals surface area contributed by atoms with Gasteiger partial charge in [0.1, 0.15) is 11.6 Å². The van der Waals surface area contributed by atoms with E-state index >= 15 is 0 Å². The summed E-state index contributed by atoms with van der Waals surface area (Å²) in [5.74, 6) is 1.53. The fourth-order valence-electron chi connectivity index (χ4n) is 2.35. The summed E-state index contributed by atoms with van der Waals surface area (Å²) in [4.78, 5) is 9.50. The van der Waals surface area contributed by atoms with Crippen LogP contribution in [0.5, 0.6) is 0 Å². The highest BCUT2D eigenvalue weighted by atomic mass is 79.9. The van der Waals surface area contributed by atoms with Crippen LogP contribution in [0.2, 0.25) is 0 Å². The van der Waals surface area contributed by atoms with Gasteiger partial charge < -0.3 is 9.47 Å². The normalized spacial score (nSPS) is 25.8. The Morgan fingerprint density at radius 3 is 2.50 bits per heavy atom. The third-order valence-corrected chi connectivity index (χ3v) is 3.51. The molecule has 1 aliphatic heterocycles. The summed E-state index contributed by atoms with van der Waals surface area (Å²) < 4.78 is 11.8. The SMILES string of the molecule is C=CC[C@]1(CC(=C)Br)N=C(OC)[C@H](C(C)C)N=C1OC. The third-order valence-electron chi connectivity index (χ3n) is 3.23. The first-order chi connectivity index (χ1) is 9.40. The van der Waals surface area contributed by atoms with E-state index < -0.39 is 5.54 Å². The third kappa shape index (κ3) is 3.51. The molecule has 0 unspecified atom stereocenters. The summed E-state index contributed by atoms with van der Waals surface area (Å²) in [6.07, 6.45) is 3.02.